The van der Waals surface area contributed by atoms with E-state index in [2.05, 4.69) is 27.7 Å². The second-order valence-corrected chi connectivity index (χ2v) is 5.17. The maximum absolute atomic E-state index is 5.37. The van der Waals surface area contributed by atoms with Crippen molar-refractivity contribution in [3.8, 4) is 0 Å². The highest BCUT2D eigenvalue weighted by Gasteiger charge is 2.38. The van der Waals surface area contributed by atoms with Crippen LogP contribution in [0.15, 0.2) is 0 Å². The van der Waals surface area contributed by atoms with Crippen LogP contribution < -0.4 is 0 Å². The third kappa shape index (κ3) is 4.55. The third-order valence-electron chi connectivity index (χ3n) is 3.49. The molecule has 0 radical (unpaired) electrons. The number of hydrogen-bond acceptors (Lipinski definition) is 1. The highest BCUT2D eigenvalue weighted by molar-refractivity contribution is 4.87. The van der Waals surface area contributed by atoms with Crippen molar-refractivity contribution in [2.75, 3.05) is 13.2 Å². The topological polar surface area (TPSA) is 9.23 Å². The molecule has 0 aliphatic carbocycles. The van der Waals surface area contributed by atoms with Crippen LogP contribution in [0.25, 0.3) is 0 Å². The van der Waals surface area contributed by atoms with Crippen molar-refractivity contribution in [3.63, 3.8) is 0 Å². The molecule has 1 saturated heterocycles. The van der Waals surface area contributed by atoms with Gasteiger partial charge >= 0.3 is 0 Å². The minimum atomic E-state index is 0.554. The van der Waals surface area contributed by atoms with E-state index >= 15 is 0 Å². The zero-order valence-electron chi connectivity index (χ0n) is 11.6. The first-order valence-electron chi connectivity index (χ1n) is 6.67. The van der Waals surface area contributed by atoms with Gasteiger partial charge in [0.2, 0.25) is 0 Å². The van der Waals surface area contributed by atoms with Gasteiger partial charge in [-0.3, -0.25) is 0 Å². The van der Waals surface area contributed by atoms with Gasteiger partial charge in [0.15, 0.2) is 0 Å². The molecule has 0 saturated carbocycles. The van der Waals surface area contributed by atoms with Gasteiger partial charge in [-0.2, -0.15) is 0 Å². The molecule has 1 rings (SSSR count). The Hall–Kier alpha value is -0.0400. The Balaban J connectivity index is 0.000000921. The molecule has 0 amide bonds. The van der Waals surface area contributed by atoms with E-state index in [0.717, 1.165) is 25.0 Å². The summed E-state index contributed by atoms with van der Waals surface area (Å²) >= 11 is 0. The Morgan fingerprint density at radius 2 is 1.67 bits per heavy atom. The SMILES string of the molecule is CC.CCCC1(CC(C)C(C)C)COC1. The summed E-state index contributed by atoms with van der Waals surface area (Å²) in [7, 11) is 0. The van der Waals surface area contributed by atoms with Crippen LogP contribution >= 0.6 is 0 Å². The summed E-state index contributed by atoms with van der Waals surface area (Å²) in [6, 6.07) is 0. The average Bonchev–Trinajstić information content (AvgIpc) is 2.17. The second kappa shape index (κ2) is 7.27. The lowest BCUT2D eigenvalue weighted by Crippen LogP contribution is -2.44. The summed E-state index contributed by atoms with van der Waals surface area (Å²) in [5.74, 6) is 1.66. The Labute approximate surface area is 96.6 Å². The van der Waals surface area contributed by atoms with Crippen LogP contribution in [-0.4, -0.2) is 13.2 Å². The highest BCUT2D eigenvalue weighted by atomic mass is 16.5. The lowest BCUT2D eigenvalue weighted by molar-refractivity contribution is -0.130. The first-order chi connectivity index (χ1) is 7.09. The molecule has 92 valence electrons. The Bertz CT molecular complexity index is 147. The van der Waals surface area contributed by atoms with Crippen molar-refractivity contribution in [1.82, 2.24) is 0 Å². The van der Waals surface area contributed by atoms with E-state index in [4.69, 9.17) is 4.74 Å². The van der Waals surface area contributed by atoms with Gasteiger partial charge in [-0.25, -0.2) is 0 Å². The minimum Gasteiger partial charge on any atom is -0.380 e. The molecule has 1 unspecified atom stereocenters. The van der Waals surface area contributed by atoms with Crippen molar-refractivity contribution in [3.05, 3.63) is 0 Å². The molecule has 0 aromatic rings. The predicted molar refractivity (Wildman–Crippen MR) is 68.1 cm³/mol. The summed E-state index contributed by atoms with van der Waals surface area (Å²) < 4.78 is 5.37. The fourth-order valence-electron chi connectivity index (χ4n) is 2.20. The maximum atomic E-state index is 5.37. The van der Waals surface area contributed by atoms with Gasteiger partial charge in [0.25, 0.3) is 0 Å². The van der Waals surface area contributed by atoms with Crippen LogP contribution in [0.3, 0.4) is 0 Å². The number of ether oxygens (including phenoxy) is 1. The molecule has 0 N–H and O–H groups in total. The molecule has 1 heterocycles. The van der Waals surface area contributed by atoms with E-state index in [1.165, 1.54) is 19.3 Å². The van der Waals surface area contributed by atoms with Crippen molar-refractivity contribution in [2.24, 2.45) is 17.3 Å². The van der Waals surface area contributed by atoms with Crippen LogP contribution in [0, 0.1) is 17.3 Å². The number of rotatable bonds is 5. The summed E-state index contributed by atoms with van der Waals surface area (Å²) in [5.41, 5.74) is 0.554. The molecule has 1 fully saturated rings. The van der Waals surface area contributed by atoms with Crippen molar-refractivity contribution in [2.45, 2.75) is 60.8 Å². The fourth-order valence-corrected chi connectivity index (χ4v) is 2.20. The van der Waals surface area contributed by atoms with Gasteiger partial charge in [-0.1, -0.05) is 48.0 Å². The highest BCUT2D eigenvalue weighted by Crippen LogP contribution is 2.40. The first-order valence-corrected chi connectivity index (χ1v) is 6.67. The van der Waals surface area contributed by atoms with Crippen molar-refractivity contribution >= 4 is 0 Å². The molecular formula is C14H30O. The van der Waals surface area contributed by atoms with E-state index < -0.39 is 0 Å². The summed E-state index contributed by atoms with van der Waals surface area (Å²) in [6.07, 6.45) is 4.01. The second-order valence-electron chi connectivity index (χ2n) is 5.17. The van der Waals surface area contributed by atoms with Gasteiger partial charge in [0.05, 0.1) is 13.2 Å². The Kier molecular flexibility index (Phi) is 7.25. The molecule has 0 aromatic carbocycles. The zero-order chi connectivity index (χ0) is 11.9. The van der Waals surface area contributed by atoms with Crippen LogP contribution in [0.2, 0.25) is 0 Å². The monoisotopic (exact) mass is 214 g/mol. The molecule has 0 spiro atoms. The van der Waals surface area contributed by atoms with E-state index in [1.807, 2.05) is 13.8 Å². The Morgan fingerprint density at radius 1 is 1.13 bits per heavy atom. The van der Waals surface area contributed by atoms with Crippen molar-refractivity contribution in [1.29, 1.82) is 0 Å². The van der Waals surface area contributed by atoms with Gasteiger partial charge in [0.1, 0.15) is 0 Å². The van der Waals surface area contributed by atoms with Gasteiger partial charge in [0, 0.05) is 5.41 Å². The van der Waals surface area contributed by atoms with Gasteiger partial charge in [-0.15, -0.1) is 0 Å². The van der Waals surface area contributed by atoms with E-state index in [-0.39, 0.29) is 0 Å². The largest absolute Gasteiger partial charge is 0.380 e. The van der Waals surface area contributed by atoms with Gasteiger partial charge < -0.3 is 4.74 Å². The average molecular weight is 214 g/mol. The van der Waals surface area contributed by atoms with Gasteiger partial charge in [-0.05, 0) is 24.7 Å². The molecule has 1 nitrogen and oxygen atoms in total. The molecule has 15 heavy (non-hydrogen) atoms. The molecule has 0 aromatic heterocycles. The lowest BCUT2D eigenvalue weighted by Gasteiger charge is -2.44. The summed E-state index contributed by atoms with van der Waals surface area (Å²) in [4.78, 5) is 0. The standard InChI is InChI=1S/C12H24O.C2H6/c1-5-6-12(8-13-9-12)7-11(4)10(2)3;1-2/h10-11H,5-9H2,1-4H3;1-2H3. The normalized spacial score (nSPS) is 20.2. The predicted octanol–water partition coefficient (Wildman–Crippen LogP) is 4.51. The molecule has 1 aliphatic rings. The quantitative estimate of drug-likeness (QED) is 0.654. The smallest absolute Gasteiger partial charge is 0.0544 e. The third-order valence-corrected chi connectivity index (χ3v) is 3.49. The maximum Gasteiger partial charge on any atom is 0.0544 e. The zero-order valence-corrected chi connectivity index (χ0v) is 11.6. The molecule has 1 heteroatoms. The van der Waals surface area contributed by atoms with Crippen LogP contribution in [0.5, 0.6) is 0 Å². The summed E-state index contributed by atoms with van der Waals surface area (Å²) in [5, 5.41) is 0. The fraction of sp³-hybridized carbons (Fsp3) is 1.00. The molecule has 1 atom stereocenters. The van der Waals surface area contributed by atoms with Crippen LogP contribution in [0.4, 0.5) is 0 Å². The first kappa shape index (κ1) is 15.0. The lowest BCUT2D eigenvalue weighted by atomic mass is 9.72. The van der Waals surface area contributed by atoms with E-state index in [1.54, 1.807) is 0 Å². The molecule has 0 bridgehead atoms. The van der Waals surface area contributed by atoms with Crippen LogP contribution in [0.1, 0.15) is 60.8 Å². The van der Waals surface area contributed by atoms with Crippen molar-refractivity contribution < 1.29 is 4.74 Å². The summed E-state index contributed by atoms with van der Waals surface area (Å²) in [6.45, 7) is 15.3. The molecule has 1 aliphatic heterocycles. The Morgan fingerprint density at radius 3 is 1.93 bits per heavy atom. The minimum absolute atomic E-state index is 0.554. The number of hydrogen-bond donors (Lipinski definition) is 0. The molecular weight excluding hydrogens is 184 g/mol. The van der Waals surface area contributed by atoms with E-state index in [9.17, 15) is 0 Å². The van der Waals surface area contributed by atoms with E-state index in [0.29, 0.717) is 5.41 Å². The van der Waals surface area contributed by atoms with Crippen LogP contribution in [-0.2, 0) is 4.74 Å².